The number of hydrogen-bond acceptors (Lipinski definition) is 3. The molecule has 0 fully saturated rings. The zero-order valence-corrected chi connectivity index (χ0v) is 12.6. The van der Waals surface area contributed by atoms with Gasteiger partial charge >= 0.3 is 0 Å². The average Bonchev–Trinajstić information content (AvgIpc) is 2.73. The van der Waals surface area contributed by atoms with Gasteiger partial charge in [0.25, 0.3) is 0 Å². The molecule has 0 saturated heterocycles. The summed E-state index contributed by atoms with van der Waals surface area (Å²) in [6, 6.07) is 12.8. The topological polar surface area (TPSA) is 38.1 Å². The molecule has 4 heteroatoms. The van der Waals surface area contributed by atoms with E-state index in [1.807, 2.05) is 25.1 Å². The molecule has 0 atom stereocenters. The van der Waals surface area contributed by atoms with Crippen LogP contribution in [0.15, 0.2) is 60.0 Å². The maximum Gasteiger partial charge on any atom is 0.132 e. The predicted molar refractivity (Wildman–Crippen MR) is 87.9 cm³/mol. The number of fused-ring (bicyclic) bond motifs is 3. The molecule has 4 rings (SSSR count). The molecule has 23 heavy (non-hydrogen) atoms. The number of nitrogens with zero attached hydrogens (tertiary/aromatic N) is 3. The summed E-state index contributed by atoms with van der Waals surface area (Å²) in [6.45, 7) is 2.47. The number of rotatable bonds is 1. The van der Waals surface area contributed by atoms with Gasteiger partial charge in [-0.1, -0.05) is 29.8 Å². The normalized spacial score (nSPS) is 12.9. The molecule has 1 aliphatic rings. The summed E-state index contributed by atoms with van der Waals surface area (Å²) in [4.78, 5) is 13.2. The molecule has 3 nitrogen and oxygen atoms in total. The molecule has 2 heterocycles. The summed E-state index contributed by atoms with van der Waals surface area (Å²) in [5, 5.41) is 0. The maximum absolute atomic E-state index is 14.3. The molecular formula is C19H14FN3. The second-order valence-corrected chi connectivity index (χ2v) is 5.59. The smallest absolute Gasteiger partial charge is 0.132 e. The Balaban J connectivity index is 2.02. The van der Waals surface area contributed by atoms with Gasteiger partial charge in [-0.2, -0.15) is 0 Å². The zero-order valence-electron chi connectivity index (χ0n) is 12.6. The Morgan fingerprint density at radius 1 is 1.00 bits per heavy atom. The van der Waals surface area contributed by atoms with Crippen molar-refractivity contribution in [2.24, 2.45) is 4.99 Å². The van der Waals surface area contributed by atoms with Gasteiger partial charge in [0.05, 0.1) is 18.0 Å². The Hall–Kier alpha value is -2.88. The van der Waals surface area contributed by atoms with Crippen molar-refractivity contribution in [2.75, 3.05) is 0 Å². The van der Waals surface area contributed by atoms with Crippen LogP contribution in [-0.2, 0) is 6.54 Å². The molecule has 0 unspecified atom stereocenters. The highest BCUT2D eigenvalue weighted by atomic mass is 19.1. The van der Waals surface area contributed by atoms with Crippen molar-refractivity contribution in [3.05, 3.63) is 83.1 Å². The molecule has 0 aliphatic carbocycles. The quantitative estimate of drug-likeness (QED) is 0.683. The van der Waals surface area contributed by atoms with Gasteiger partial charge in [-0.05, 0) is 25.1 Å². The van der Waals surface area contributed by atoms with E-state index in [1.54, 1.807) is 24.7 Å². The van der Waals surface area contributed by atoms with Crippen LogP contribution in [0.4, 0.5) is 4.39 Å². The lowest BCUT2D eigenvalue weighted by Crippen LogP contribution is -2.07. The summed E-state index contributed by atoms with van der Waals surface area (Å²) < 4.78 is 14.3. The first-order valence-electron chi connectivity index (χ1n) is 7.43. The molecule has 1 aromatic heterocycles. The van der Waals surface area contributed by atoms with Gasteiger partial charge in [0.1, 0.15) is 12.1 Å². The Labute approximate surface area is 133 Å². The van der Waals surface area contributed by atoms with Crippen LogP contribution >= 0.6 is 0 Å². The van der Waals surface area contributed by atoms with Crippen LogP contribution in [0.25, 0.3) is 11.3 Å². The highest BCUT2D eigenvalue weighted by molar-refractivity contribution is 6.16. The summed E-state index contributed by atoms with van der Waals surface area (Å²) in [5.74, 6) is -0.269. The van der Waals surface area contributed by atoms with Crippen molar-refractivity contribution < 1.29 is 4.39 Å². The lowest BCUT2D eigenvalue weighted by atomic mass is 9.94. The first kappa shape index (κ1) is 13.8. The van der Waals surface area contributed by atoms with Crippen molar-refractivity contribution in [3.8, 4) is 11.3 Å². The second kappa shape index (κ2) is 5.39. The van der Waals surface area contributed by atoms with Crippen molar-refractivity contribution >= 4 is 5.71 Å². The van der Waals surface area contributed by atoms with Crippen LogP contribution in [0, 0.1) is 12.7 Å². The van der Waals surface area contributed by atoms with Crippen molar-refractivity contribution in [3.63, 3.8) is 0 Å². The Bertz CT molecular complexity index is 931. The van der Waals surface area contributed by atoms with Gasteiger partial charge in [0, 0.05) is 28.5 Å². The van der Waals surface area contributed by atoms with Crippen LogP contribution in [0.5, 0.6) is 0 Å². The van der Waals surface area contributed by atoms with Crippen LogP contribution in [-0.4, -0.2) is 15.7 Å². The number of benzene rings is 2. The van der Waals surface area contributed by atoms with Gasteiger partial charge < -0.3 is 0 Å². The van der Waals surface area contributed by atoms with Crippen molar-refractivity contribution in [2.45, 2.75) is 13.5 Å². The highest BCUT2D eigenvalue weighted by Crippen LogP contribution is 2.31. The van der Waals surface area contributed by atoms with Gasteiger partial charge in [0.15, 0.2) is 0 Å². The van der Waals surface area contributed by atoms with Gasteiger partial charge in [-0.3, -0.25) is 4.99 Å². The lowest BCUT2D eigenvalue weighted by molar-refractivity contribution is 0.625. The van der Waals surface area contributed by atoms with Crippen LogP contribution < -0.4 is 0 Å². The standard InChI is InChI=1S/C19H14FN3/c1-12-6-7-14-16(8-12)18-13(9-21-11-23-18)10-22-19(14)15-4-2-3-5-17(15)20/h2-9,11H,10H2,1H3. The third-order valence-corrected chi connectivity index (χ3v) is 4.01. The number of hydrogen-bond donors (Lipinski definition) is 0. The van der Waals surface area contributed by atoms with Crippen molar-refractivity contribution in [1.29, 1.82) is 0 Å². The average molecular weight is 303 g/mol. The van der Waals surface area contributed by atoms with E-state index in [9.17, 15) is 4.39 Å². The fraction of sp³-hybridized carbons (Fsp3) is 0.105. The number of aromatic nitrogens is 2. The minimum absolute atomic E-state index is 0.269. The molecule has 0 N–H and O–H groups in total. The van der Waals surface area contributed by atoms with Crippen molar-refractivity contribution in [1.82, 2.24) is 9.97 Å². The van der Waals surface area contributed by atoms with Crippen LogP contribution in [0.3, 0.4) is 0 Å². The van der Waals surface area contributed by atoms with E-state index < -0.39 is 0 Å². The van der Waals surface area contributed by atoms with Crippen LogP contribution in [0.2, 0.25) is 0 Å². The van der Waals surface area contributed by atoms with E-state index >= 15 is 0 Å². The molecular weight excluding hydrogens is 289 g/mol. The SMILES string of the molecule is Cc1ccc2c(c1)-c1ncncc1CN=C2c1ccccc1F. The Kier molecular flexibility index (Phi) is 3.23. The molecule has 2 aromatic carbocycles. The third kappa shape index (κ3) is 2.32. The van der Waals surface area contributed by atoms with Gasteiger partial charge in [0.2, 0.25) is 0 Å². The largest absolute Gasteiger partial charge is 0.279 e. The second-order valence-electron chi connectivity index (χ2n) is 5.59. The van der Waals surface area contributed by atoms with E-state index in [1.165, 1.54) is 6.07 Å². The number of aryl methyl sites for hydroxylation is 1. The maximum atomic E-state index is 14.3. The van der Waals surface area contributed by atoms with Gasteiger partial charge in [-0.15, -0.1) is 0 Å². The van der Waals surface area contributed by atoms with E-state index in [4.69, 9.17) is 0 Å². The molecule has 0 spiro atoms. The molecule has 0 radical (unpaired) electrons. The molecule has 0 bridgehead atoms. The molecule has 1 aliphatic heterocycles. The Morgan fingerprint density at radius 3 is 2.74 bits per heavy atom. The van der Waals surface area contributed by atoms with E-state index in [2.05, 4.69) is 21.0 Å². The van der Waals surface area contributed by atoms with Gasteiger partial charge in [-0.25, -0.2) is 14.4 Å². The predicted octanol–water partition coefficient (Wildman–Crippen LogP) is 3.94. The zero-order chi connectivity index (χ0) is 15.8. The fourth-order valence-corrected chi connectivity index (χ4v) is 2.91. The molecule has 3 aromatic rings. The highest BCUT2D eigenvalue weighted by Gasteiger charge is 2.21. The lowest BCUT2D eigenvalue weighted by Gasteiger charge is -2.12. The minimum atomic E-state index is -0.269. The summed E-state index contributed by atoms with van der Waals surface area (Å²) in [6.07, 6.45) is 3.32. The van der Waals surface area contributed by atoms with Crippen LogP contribution in [0.1, 0.15) is 22.3 Å². The summed E-state index contributed by atoms with van der Waals surface area (Å²) in [5.41, 5.74) is 6.00. The molecule has 0 saturated carbocycles. The summed E-state index contributed by atoms with van der Waals surface area (Å²) in [7, 11) is 0. The first-order chi connectivity index (χ1) is 11.2. The molecule has 0 amide bonds. The number of halogens is 1. The minimum Gasteiger partial charge on any atom is -0.279 e. The number of aliphatic imine (C=N–C) groups is 1. The first-order valence-corrected chi connectivity index (χ1v) is 7.43. The van der Waals surface area contributed by atoms with E-state index in [0.29, 0.717) is 17.8 Å². The molecule has 112 valence electrons. The van der Waals surface area contributed by atoms with E-state index in [0.717, 1.165) is 27.9 Å². The monoisotopic (exact) mass is 303 g/mol. The summed E-state index contributed by atoms with van der Waals surface area (Å²) >= 11 is 0. The Morgan fingerprint density at radius 2 is 1.87 bits per heavy atom. The third-order valence-electron chi connectivity index (χ3n) is 4.01. The van der Waals surface area contributed by atoms with E-state index in [-0.39, 0.29) is 5.82 Å². The fourth-order valence-electron chi connectivity index (χ4n) is 2.91.